The molecule has 0 aliphatic carbocycles. The molecule has 0 spiro atoms. The standard InChI is InChI=1S/C20H26O3/c1-5-12-23-19-10-8-18(9-11-19)17(7-3)14-16(6-2)13-15(4)20(21)22/h7-11,13H,4-6,12,14H2,1-3H3,(H,21,22)/b16-13-,17-7+. The number of benzene rings is 1. The van der Waals surface area contributed by atoms with Crippen molar-refractivity contribution in [1.29, 1.82) is 0 Å². The molecule has 0 radical (unpaired) electrons. The fourth-order valence-corrected chi connectivity index (χ4v) is 2.19. The molecule has 1 aromatic rings. The number of carboxylic acid groups (broad SMARTS) is 1. The Balaban J connectivity index is 2.87. The first kappa shape index (κ1) is 18.8. The van der Waals surface area contributed by atoms with Crippen molar-refractivity contribution in [3.8, 4) is 5.75 Å². The van der Waals surface area contributed by atoms with Crippen LogP contribution in [-0.2, 0) is 4.79 Å². The highest BCUT2D eigenvalue weighted by molar-refractivity contribution is 5.89. The molecule has 3 nitrogen and oxygen atoms in total. The van der Waals surface area contributed by atoms with E-state index >= 15 is 0 Å². The lowest BCUT2D eigenvalue weighted by Crippen LogP contribution is -1.98. The summed E-state index contributed by atoms with van der Waals surface area (Å²) >= 11 is 0. The van der Waals surface area contributed by atoms with Crippen LogP contribution in [0, 0.1) is 0 Å². The average Bonchev–Trinajstić information content (AvgIpc) is 2.56. The zero-order valence-corrected chi connectivity index (χ0v) is 14.3. The summed E-state index contributed by atoms with van der Waals surface area (Å²) in [5.74, 6) is -0.105. The molecule has 23 heavy (non-hydrogen) atoms. The molecular weight excluding hydrogens is 288 g/mol. The van der Waals surface area contributed by atoms with Crippen LogP contribution >= 0.6 is 0 Å². The second-order valence-electron chi connectivity index (χ2n) is 5.35. The molecule has 0 fully saturated rings. The molecule has 0 atom stereocenters. The molecule has 1 N–H and O–H groups in total. The molecule has 0 aliphatic heterocycles. The monoisotopic (exact) mass is 314 g/mol. The van der Waals surface area contributed by atoms with Crippen LogP contribution in [0.2, 0.25) is 0 Å². The molecule has 1 aromatic carbocycles. The second-order valence-corrected chi connectivity index (χ2v) is 5.35. The number of ether oxygens (including phenoxy) is 1. The van der Waals surface area contributed by atoms with Gasteiger partial charge < -0.3 is 9.84 Å². The van der Waals surface area contributed by atoms with E-state index in [1.165, 1.54) is 5.57 Å². The highest BCUT2D eigenvalue weighted by Gasteiger charge is 2.07. The summed E-state index contributed by atoms with van der Waals surface area (Å²) in [5.41, 5.74) is 3.47. The minimum atomic E-state index is -0.976. The number of hydrogen-bond acceptors (Lipinski definition) is 2. The minimum absolute atomic E-state index is 0.126. The van der Waals surface area contributed by atoms with Crippen LogP contribution in [0.1, 0.15) is 45.6 Å². The summed E-state index contributed by atoms with van der Waals surface area (Å²) in [4.78, 5) is 10.9. The van der Waals surface area contributed by atoms with Crippen molar-refractivity contribution in [2.24, 2.45) is 0 Å². The maximum absolute atomic E-state index is 10.9. The van der Waals surface area contributed by atoms with Gasteiger partial charge in [0.15, 0.2) is 0 Å². The van der Waals surface area contributed by atoms with Crippen molar-refractivity contribution in [3.63, 3.8) is 0 Å². The van der Waals surface area contributed by atoms with Crippen LogP contribution in [0.25, 0.3) is 5.57 Å². The quantitative estimate of drug-likeness (QED) is 0.500. The third kappa shape index (κ3) is 6.15. The maximum atomic E-state index is 10.9. The predicted octanol–water partition coefficient (Wildman–Crippen LogP) is 5.25. The lowest BCUT2D eigenvalue weighted by atomic mass is 9.95. The van der Waals surface area contributed by atoms with E-state index in [0.29, 0.717) is 6.42 Å². The summed E-state index contributed by atoms with van der Waals surface area (Å²) in [6, 6.07) is 8.03. The van der Waals surface area contributed by atoms with Crippen molar-refractivity contribution in [2.45, 2.75) is 40.0 Å². The number of carboxylic acids is 1. The molecule has 0 amide bonds. The van der Waals surface area contributed by atoms with E-state index in [4.69, 9.17) is 9.84 Å². The van der Waals surface area contributed by atoms with Gasteiger partial charge in [-0.15, -0.1) is 0 Å². The topological polar surface area (TPSA) is 46.5 Å². The van der Waals surface area contributed by atoms with Gasteiger partial charge in [0.1, 0.15) is 5.75 Å². The molecular formula is C20H26O3. The fourth-order valence-electron chi connectivity index (χ4n) is 2.19. The normalized spacial score (nSPS) is 12.1. The van der Waals surface area contributed by atoms with Crippen LogP contribution in [0.15, 0.2) is 54.1 Å². The maximum Gasteiger partial charge on any atom is 0.335 e. The van der Waals surface area contributed by atoms with E-state index < -0.39 is 5.97 Å². The first-order valence-corrected chi connectivity index (χ1v) is 8.01. The van der Waals surface area contributed by atoms with Gasteiger partial charge in [-0.3, -0.25) is 0 Å². The van der Waals surface area contributed by atoms with E-state index in [0.717, 1.165) is 36.3 Å². The van der Waals surface area contributed by atoms with E-state index in [9.17, 15) is 4.79 Å². The number of hydrogen-bond donors (Lipinski definition) is 1. The molecule has 0 heterocycles. The van der Waals surface area contributed by atoms with Crippen molar-refractivity contribution in [3.05, 3.63) is 59.7 Å². The van der Waals surface area contributed by atoms with E-state index in [2.05, 4.69) is 19.6 Å². The van der Waals surface area contributed by atoms with Crippen molar-refractivity contribution in [2.75, 3.05) is 6.61 Å². The Morgan fingerprint density at radius 2 is 1.91 bits per heavy atom. The third-order valence-corrected chi connectivity index (χ3v) is 3.57. The van der Waals surface area contributed by atoms with Crippen LogP contribution in [0.3, 0.4) is 0 Å². The van der Waals surface area contributed by atoms with Gasteiger partial charge in [-0.1, -0.05) is 44.2 Å². The van der Waals surface area contributed by atoms with Gasteiger partial charge in [-0.2, -0.15) is 0 Å². The fraction of sp³-hybridized carbons (Fsp3) is 0.350. The van der Waals surface area contributed by atoms with Crippen LogP contribution in [-0.4, -0.2) is 17.7 Å². The van der Waals surface area contributed by atoms with E-state index in [-0.39, 0.29) is 5.57 Å². The predicted molar refractivity (Wildman–Crippen MR) is 95.6 cm³/mol. The molecule has 3 heteroatoms. The van der Waals surface area contributed by atoms with Gasteiger partial charge in [0.25, 0.3) is 0 Å². The van der Waals surface area contributed by atoms with Crippen LogP contribution in [0.4, 0.5) is 0 Å². The Morgan fingerprint density at radius 1 is 1.26 bits per heavy atom. The Bertz CT molecular complexity index is 592. The second kappa shape index (κ2) is 9.67. The average molecular weight is 314 g/mol. The molecule has 0 saturated carbocycles. The molecule has 1 rings (SSSR count). The number of aliphatic carboxylic acids is 1. The molecule has 0 bridgehead atoms. The van der Waals surface area contributed by atoms with Gasteiger partial charge in [0.05, 0.1) is 12.2 Å². The SMILES string of the molecule is C=C(/C=C(/CC)C/C(=C\C)c1ccc(OCCC)cc1)C(=O)O. The third-order valence-electron chi connectivity index (χ3n) is 3.57. The minimum Gasteiger partial charge on any atom is -0.494 e. The molecule has 0 unspecified atom stereocenters. The summed E-state index contributed by atoms with van der Waals surface area (Å²) in [5, 5.41) is 8.96. The number of carbonyl (C=O) groups is 1. The first-order valence-electron chi connectivity index (χ1n) is 8.01. The largest absolute Gasteiger partial charge is 0.494 e. The van der Waals surface area contributed by atoms with Gasteiger partial charge in [-0.25, -0.2) is 4.79 Å². The lowest BCUT2D eigenvalue weighted by Gasteiger charge is -2.11. The zero-order chi connectivity index (χ0) is 17.2. The summed E-state index contributed by atoms with van der Waals surface area (Å²) < 4.78 is 5.60. The Hall–Kier alpha value is -2.29. The molecule has 0 saturated heterocycles. The van der Waals surface area contributed by atoms with Gasteiger partial charge in [0.2, 0.25) is 0 Å². The van der Waals surface area contributed by atoms with Crippen molar-refractivity contribution in [1.82, 2.24) is 0 Å². The number of allylic oxidation sites excluding steroid dienone is 3. The summed E-state index contributed by atoms with van der Waals surface area (Å²) in [6.07, 6.45) is 6.23. The molecule has 124 valence electrons. The zero-order valence-electron chi connectivity index (χ0n) is 14.3. The van der Waals surface area contributed by atoms with Crippen molar-refractivity contribution < 1.29 is 14.6 Å². The van der Waals surface area contributed by atoms with Crippen LogP contribution < -0.4 is 4.74 Å². The Kier molecular flexibility index (Phi) is 7.89. The van der Waals surface area contributed by atoms with Crippen molar-refractivity contribution >= 4 is 11.5 Å². The number of rotatable bonds is 9. The lowest BCUT2D eigenvalue weighted by molar-refractivity contribution is -0.132. The van der Waals surface area contributed by atoms with E-state index in [1.54, 1.807) is 6.08 Å². The smallest absolute Gasteiger partial charge is 0.335 e. The van der Waals surface area contributed by atoms with Gasteiger partial charge in [-0.05, 0) is 55.5 Å². The summed E-state index contributed by atoms with van der Waals surface area (Å²) in [7, 11) is 0. The van der Waals surface area contributed by atoms with Gasteiger partial charge >= 0.3 is 5.97 Å². The van der Waals surface area contributed by atoms with Gasteiger partial charge in [0, 0.05) is 0 Å². The Labute approximate surface area is 139 Å². The van der Waals surface area contributed by atoms with Crippen LogP contribution in [0.5, 0.6) is 5.75 Å². The Morgan fingerprint density at radius 3 is 2.39 bits per heavy atom. The molecule has 0 aromatic heterocycles. The highest BCUT2D eigenvalue weighted by atomic mass is 16.5. The summed E-state index contributed by atoms with van der Waals surface area (Å²) in [6.45, 7) is 10.4. The molecule has 0 aliphatic rings. The van der Waals surface area contributed by atoms with E-state index in [1.807, 2.05) is 38.1 Å². The first-order chi connectivity index (χ1) is 11.0. The highest BCUT2D eigenvalue weighted by Crippen LogP contribution is 2.26.